The third-order valence-electron chi connectivity index (χ3n) is 2.54. The number of hydrogen-bond acceptors (Lipinski definition) is 3. The largest absolute Gasteiger partial charge is 0.491 e. The zero-order valence-corrected chi connectivity index (χ0v) is 11.2. The van der Waals surface area contributed by atoms with E-state index in [-0.39, 0.29) is 12.7 Å². The second-order valence-corrected chi connectivity index (χ2v) is 4.11. The van der Waals surface area contributed by atoms with Crippen molar-refractivity contribution < 1.29 is 14.6 Å². The summed E-state index contributed by atoms with van der Waals surface area (Å²) in [5.41, 5.74) is 2.04. The van der Waals surface area contributed by atoms with Crippen molar-refractivity contribution in [1.82, 2.24) is 0 Å². The Balaban J connectivity index is 2.65. The van der Waals surface area contributed by atoms with Crippen LogP contribution in [0.2, 0.25) is 0 Å². The predicted octanol–water partition coefficient (Wildman–Crippen LogP) is 2.14. The first-order valence-electron chi connectivity index (χ1n) is 6.03. The SMILES string of the molecule is COC(C)COc1ccc(C#CCCO)c(C)c1. The minimum absolute atomic E-state index is 0.0781. The highest BCUT2D eigenvalue weighted by Gasteiger charge is 2.02. The van der Waals surface area contributed by atoms with Crippen LogP contribution >= 0.6 is 0 Å². The molecule has 1 N–H and O–H groups in total. The van der Waals surface area contributed by atoms with Crippen molar-refractivity contribution in [2.24, 2.45) is 0 Å². The molecule has 0 heterocycles. The van der Waals surface area contributed by atoms with Gasteiger partial charge in [-0.2, -0.15) is 0 Å². The molecule has 1 atom stereocenters. The van der Waals surface area contributed by atoms with Gasteiger partial charge in [0.25, 0.3) is 0 Å². The highest BCUT2D eigenvalue weighted by Crippen LogP contribution is 2.17. The monoisotopic (exact) mass is 248 g/mol. The van der Waals surface area contributed by atoms with E-state index in [1.165, 1.54) is 0 Å². The normalized spacial score (nSPS) is 11.6. The van der Waals surface area contributed by atoms with Gasteiger partial charge in [-0.1, -0.05) is 11.8 Å². The number of hydrogen-bond donors (Lipinski definition) is 1. The second-order valence-electron chi connectivity index (χ2n) is 4.11. The molecule has 0 aliphatic rings. The molecule has 0 aliphatic heterocycles. The van der Waals surface area contributed by atoms with Gasteiger partial charge in [-0.3, -0.25) is 0 Å². The molecule has 1 rings (SSSR count). The first kappa shape index (κ1) is 14.6. The fraction of sp³-hybridized carbons (Fsp3) is 0.467. The minimum atomic E-state index is 0.0781. The van der Waals surface area contributed by atoms with Gasteiger partial charge in [0.15, 0.2) is 0 Å². The molecule has 0 bridgehead atoms. The van der Waals surface area contributed by atoms with Crippen LogP contribution < -0.4 is 4.74 Å². The predicted molar refractivity (Wildman–Crippen MR) is 71.7 cm³/mol. The highest BCUT2D eigenvalue weighted by molar-refractivity contribution is 5.44. The Bertz CT molecular complexity index is 429. The van der Waals surface area contributed by atoms with E-state index in [1.807, 2.05) is 32.0 Å². The van der Waals surface area contributed by atoms with E-state index >= 15 is 0 Å². The van der Waals surface area contributed by atoms with Crippen LogP contribution in [0.15, 0.2) is 18.2 Å². The summed E-state index contributed by atoms with van der Waals surface area (Å²) in [6.07, 6.45) is 0.581. The molecule has 0 saturated carbocycles. The Morgan fingerprint density at radius 3 is 2.78 bits per heavy atom. The topological polar surface area (TPSA) is 38.7 Å². The number of aryl methyl sites for hydroxylation is 1. The number of rotatable bonds is 5. The van der Waals surface area contributed by atoms with Gasteiger partial charge in [-0.15, -0.1) is 0 Å². The first-order valence-corrected chi connectivity index (χ1v) is 6.03. The lowest BCUT2D eigenvalue weighted by molar-refractivity contribution is 0.0716. The van der Waals surface area contributed by atoms with Crippen molar-refractivity contribution >= 4 is 0 Å². The third kappa shape index (κ3) is 4.79. The lowest BCUT2D eigenvalue weighted by atomic mass is 10.1. The summed E-state index contributed by atoms with van der Waals surface area (Å²) in [4.78, 5) is 0. The van der Waals surface area contributed by atoms with Crippen molar-refractivity contribution in [3.63, 3.8) is 0 Å². The lowest BCUT2D eigenvalue weighted by Gasteiger charge is -2.12. The molecule has 3 heteroatoms. The molecular formula is C15H20O3. The summed E-state index contributed by atoms with van der Waals surface area (Å²) in [5, 5.41) is 8.67. The van der Waals surface area contributed by atoms with E-state index in [2.05, 4.69) is 11.8 Å². The summed E-state index contributed by atoms with van der Waals surface area (Å²) in [6, 6.07) is 5.80. The van der Waals surface area contributed by atoms with Crippen molar-refractivity contribution in [2.45, 2.75) is 26.4 Å². The first-order chi connectivity index (χ1) is 8.67. The summed E-state index contributed by atoms with van der Waals surface area (Å²) in [6.45, 7) is 4.59. The van der Waals surface area contributed by atoms with Crippen LogP contribution in [0.5, 0.6) is 5.75 Å². The van der Waals surface area contributed by atoms with Gasteiger partial charge in [-0.05, 0) is 37.6 Å². The van der Waals surface area contributed by atoms with Crippen molar-refractivity contribution in [3.8, 4) is 17.6 Å². The fourth-order valence-electron chi connectivity index (χ4n) is 1.36. The van der Waals surface area contributed by atoms with Gasteiger partial charge in [-0.25, -0.2) is 0 Å². The number of aliphatic hydroxyl groups excluding tert-OH is 1. The quantitative estimate of drug-likeness (QED) is 0.811. The lowest BCUT2D eigenvalue weighted by Crippen LogP contribution is -2.15. The van der Waals surface area contributed by atoms with Crippen LogP contribution in [0, 0.1) is 18.8 Å². The van der Waals surface area contributed by atoms with Gasteiger partial charge < -0.3 is 14.6 Å². The van der Waals surface area contributed by atoms with Gasteiger partial charge in [0.1, 0.15) is 12.4 Å². The van der Waals surface area contributed by atoms with Crippen LogP contribution in [0.4, 0.5) is 0 Å². The van der Waals surface area contributed by atoms with Crippen LogP contribution in [-0.2, 0) is 4.74 Å². The van der Waals surface area contributed by atoms with E-state index in [1.54, 1.807) is 7.11 Å². The summed E-state index contributed by atoms with van der Waals surface area (Å²) in [5.74, 6) is 6.76. The summed E-state index contributed by atoms with van der Waals surface area (Å²) >= 11 is 0. The van der Waals surface area contributed by atoms with Crippen molar-refractivity contribution in [3.05, 3.63) is 29.3 Å². The molecule has 18 heavy (non-hydrogen) atoms. The zero-order chi connectivity index (χ0) is 13.4. The molecule has 0 aliphatic carbocycles. The molecule has 0 amide bonds. The van der Waals surface area contributed by atoms with E-state index in [0.29, 0.717) is 13.0 Å². The average Bonchev–Trinajstić information content (AvgIpc) is 2.38. The molecule has 0 spiro atoms. The molecule has 1 aromatic carbocycles. The Morgan fingerprint density at radius 2 is 2.17 bits per heavy atom. The van der Waals surface area contributed by atoms with E-state index in [9.17, 15) is 0 Å². The molecule has 0 aromatic heterocycles. The number of benzene rings is 1. The van der Waals surface area contributed by atoms with Gasteiger partial charge in [0, 0.05) is 19.1 Å². The Morgan fingerprint density at radius 1 is 1.39 bits per heavy atom. The molecule has 98 valence electrons. The molecule has 1 aromatic rings. The number of ether oxygens (including phenoxy) is 2. The number of methoxy groups -OCH3 is 1. The van der Waals surface area contributed by atoms with E-state index < -0.39 is 0 Å². The van der Waals surface area contributed by atoms with Gasteiger partial charge in [0.05, 0.1) is 12.7 Å². The molecule has 3 nitrogen and oxygen atoms in total. The van der Waals surface area contributed by atoms with Crippen LogP contribution in [0.3, 0.4) is 0 Å². The van der Waals surface area contributed by atoms with Crippen LogP contribution in [0.1, 0.15) is 24.5 Å². The Labute approximate surface area is 109 Å². The second kappa shape index (κ2) is 7.75. The van der Waals surface area contributed by atoms with Crippen LogP contribution in [-0.4, -0.2) is 31.5 Å². The van der Waals surface area contributed by atoms with E-state index in [4.69, 9.17) is 14.6 Å². The Hall–Kier alpha value is -1.50. The van der Waals surface area contributed by atoms with Gasteiger partial charge in [0.2, 0.25) is 0 Å². The highest BCUT2D eigenvalue weighted by atomic mass is 16.5. The van der Waals surface area contributed by atoms with Gasteiger partial charge >= 0.3 is 0 Å². The molecule has 1 unspecified atom stereocenters. The number of aliphatic hydroxyl groups is 1. The minimum Gasteiger partial charge on any atom is -0.491 e. The maximum absolute atomic E-state index is 8.67. The van der Waals surface area contributed by atoms with Crippen molar-refractivity contribution in [2.75, 3.05) is 20.3 Å². The van der Waals surface area contributed by atoms with Crippen molar-refractivity contribution in [1.29, 1.82) is 0 Å². The smallest absolute Gasteiger partial charge is 0.119 e. The Kier molecular flexibility index (Phi) is 6.27. The summed E-state index contributed by atoms with van der Waals surface area (Å²) < 4.78 is 10.7. The van der Waals surface area contributed by atoms with E-state index in [0.717, 1.165) is 16.9 Å². The van der Waals surface area contributed by atoms with Crippen LogP contribution in [0.25, 0.3) is 0 Å². The molecule has 0 radical (unpaired) electrons. The molecule has 0 saturated heterocycles. The fourth-order valence-corrected chi connectivity index (χ4v) is 1.36. The average molecular weight is 248 g/mol. The zero-order valence-electron chi connectivity index (χ0n) is 11.2. The molecular weight excluding hydrogens is 228 g/mol. The standard InChI is InChI=1S/C15H20O3/c1-12-10-15(18-11-13(2)17-3)8-7-14(12)6-4-5-9-16/h7-8,10,13,16H,5,9,11H2,1-3H3. The molecule has 0 fully saturated rings. The maximum atomic E-state index is 8.67. The summed E-state index contributed by atoms with van der Waals surface area (Å²) in [7, 11) is 1.67. The third-order valence-corrected chi connectivity index (χ3v) is 2.54. The maximum Gasteiger partial charge on any atom is 0.119 e.